The number of hydrogen-bond acceptors (Lipinski definition) is 4. The Kier molecular flexibility index (Phi) is 3.94. The van der Waals surface area contributed by atoms with Crippen molar-refractivity contribution in [3.05, 3.63) is 16.8 Å². The molecule has 2 aromatic rings. The van der Waals surface area contributed by atoms with E-state index < -0.39 is 0 Å². The van der Waals surface area contributed by atoms with Crippen LogP contribution in [0.25, 0.3) is 10.2 Å². The molecule has 2 heterocycles. The van der Waals surface area contributed by atoms with Gasteiger partial charge in [0.25, 0.3) is 0 Å². The Morgan fingerprint density at radius 3 is 2.65 bits per heavy atom. The van der Waals surface area contributed by atoms with Crippen LogP contribution in [0.3, 0.4) is 0 Å². The fraction of sp³-hybridized carbons (Fsp3) is 0.538. The molecule has 0 aliphatic rings. The molecule has 0 saturated heterocycles. The number of aryl methyl sites for hydroxylation is 2. The van der Waals surface area contributed by atoms with Gasteiger partial charge >= 0.3 is 0 Å². The van der Waals surface area contributed by atoms with Gasteiger partial charge in [0, 0.05) is 17.8 Å². The SMILES string of the molecule is CCCNc1nc(CC)nc2sc(CC)cc12. The second-order valence-electron chi connectivity index (χ2n) is 4.05. The molecule has 1 N–H and O–H groups in total. The Morgan fingerprint density at radius 1 is 1.18 bits per heavy atom. The molecule has 0 amide bonds. The van der Waals surface area contributed by atoms with E-state index in [2.05, 4.69) is 42.1 Å². The van der Waals surface area contributed by atoms with E-state index in [1.54, 1.807) is 11.3 Å². The average molecular weight is 249 g/mol. The molecule has 0 aliphatic carbocycles. The van der Waals surface area contributed by atoms with Gasteiger partial charge < -0.3 is 5.32 Å². The third-order valence-electron chi connectivity index (χ3n) is 2.70. The van der Waals surface area contributed by atoms with Crippen molar-refractivity contribution in [2.75, 3.05) is 11.9 Å². The quantitative estimate of drug-likeness (QED) is 0.879. The van der Waals surface area contributed by atoms with Crippen molar-refractivity contribution in [3.8, 4) is 0 Å². The van der Waals surface area contributed by atoms with Crippen LogP contribution in [-0.2, 0) is 12.8 Å². The average Bonchev–Trinajstić information content (AvgIpc) is 2.78. The fourth-order valence-corrected chi connectivity index (χ4v) is 2.71. The normalized spacial score (nSPS) is 11.0. The van der Waals surface area contributed by atoms with E-state index in [1.165, 1.54) is 10.3 Å². The summed E-state index contributed by atoms with van der Waals surface area (Å²) in [6.07, 6.45) is 3.06. The lowest BCUT2D eigenvalue weighted by Gasteiger charge is -2.06. The molecular weight excluding hydrogens is 230 g/mol. The van der Waals surface area contributed by atoms with E-state index >= 15 is 0 Å². The molecule has 0 aliphatic heterocycles. The molecule has 0 bridgehead atoms. The third kappa shape index (κ3) is 2.57. The third-order valence-corrected chi connectivity index (χ3v) is 3.87. The van der Waals surface area contributed by atoms with E-state index in [0.29, 0.717) is 0 Å². The highest BCUT2D eigenvalue weighted by Gasteiger charge is 2.09. The first-order valence-electron chi connectivity index (χ1n) is 6.31. The maximum atomic E-state index is 4.60. The predicted octanol–water partition coefficient (Wildman–Crippen LogP) is 3.64. The summed E-state index contributed by atoms with van der Waals surface area (Å²) in [7, 11) is 0. The zero-order chi connectivity index (χ0) is 12.3. The summed E-state index contributed by atoms with van der Waals surface area (Å²) < 4.78 is 0. The Labute approximate surface area is 106 Å². The Bertz CT molecular complexity index is 505. The van der Waals surface area contributed by atoms with Gasteiger partial charge in [-0.1, -0.05) is 20.8 Å². The number of fused-ring (bicyclic) bond motifs is 1. The van der Waals surface area contributed by atoms with Crippen molar-refractivity contribution in [2.24, 2.45) is 0 Å². The lowest BCUT2D eigenvalue weighted by Crippen LogP contribution is -2.04. The molecule has 2 aromatic heterocycles. The highest BCUT2D eigenvalue weighted by molar-refractivity contribution is 7.18. The van der Waals surface area contributed by atoms with E-state index in [9.17, 15) is 0 Å². The zero-order valence-electron chi connectivity index (χ0n) is 10.7. The highest BCUT2D eigenvalue weighted by atomic mass is 32.1. The van der Waals surface area contributed by atoms with Gasteiger partial charge in [-0.15, -0.1) is 11.3 Å². The van der Waals surface area contributed by atoms with Gasteiger partial charge in [-0.3, -0.25) is 0 Å². The van der Waals surface area contributed by atoms with Gasteiger partial charge in [0.15, 0.2) is 0 Å². The van der Waals surface area contributed by atoms with Gasteiger partial charge in [0.1, 0.15) is 16.5 Å². The number of rotatable bonds is 5. The van der Waals surface area contributed by atoms with Crippen molar-refractivity contribution >= 4 is 27.4 Å². The van der Waals surface area contributed by atoms with E-state index in [-0.39, 0.29) is 0 Å². The summed E-state index contributed by atoms with van der Waals surface area (Å²) in [5.41, 5.74) is 0. The molecule has 4 heteroatoms. The molecule has 0 spiro atoms. The van der Waals surface area contributed by atoms with Gasteiger partial charge in [0.2, 0.25) is 0 Å². The molecule has 0 radical (unpaired) electrons. The van der Waals surface area contributed by atoms with Crippen LogP contribution in [0.2, 0.25) is 0 Å². The van der Waals surface area contributed by atoms with E-state index in [1.807, 2.05) is 0 Å². The van der Waals surface area contributed by atoms with Crippen molar-refractivity contribution in [1.29, 1.82) is 0 Å². The maximum absolute atomic E-state index is 4.60. The predicted molar refractivity (Wildman–Crippen MR) is 75.0 cm³/mol. The van der Waals surface area contributed by atoms with Gasteiger partial charge in [-0.25, -0.2) is 9.97 Å². The second-order valence-corrected chi connectivity index (χ2v) is 5.17. The molecule has 92 valence electrons. The number of aromatic nitrogens is 2. The molecule has 0 fully saturated rings. The Balaban J connectivity index is 2.48. The maximum Gasteiger partial charge on any atom is 0.138 e. The Hall–Kier alpha value is -1.16. The number of anilines is 1. The minimum atomic E-state index is 0.885. The van der Waals surface area contributed by atoms with Gasteiger partial charge in [0.05, 0.1) is 5.39 Å². The standard InChI is InChI=1S/C13H19N3S/c1-4-7-14-12-10-8-9(5-2)17-13(10)16-11(6-3)15-12/h8H,4-7H2,1-3H3,(H,14,15,16). The Morgan fingerprint density at radius 2 is 2.00 bits per heavy atom. The minimum Gasteiger partial charge on any atom is -0.369 e. The molecule has 3 nitrogen and oxygen atoms in total. The topological polar surface area (TPSA) is 37.8 Å². The van der Waals surface area contributed by atoms with Crippen molar-refractivity contribution in [3.63, 3.8) is 0 Å². The molecule has 17 heavy (non-hydrogen) atoms. The zero-order valence-corrected chi connectivity index (χ0v) is 11.5. The van der Waals surface area contributed by atoms with Crippen molar-refractivity contribution in [2.45, 2.75) is 40.0 Å². The lowest BCUT2D eigenvalue weighted by molar-refractivity contribution is 0.935. The molecule has 2 rings (SSSR count). The smallest absolute Gasteiger partial charge is 0.138 e. The summed E-state index contributed by atoms with van der Waals surface area (Å²) in [6.45, 7) is 7.40. The summed E-state index contributed by atoms with van der Waals surface area (Å²) in [5.74, 6) is 1.94. The first-order valence-corrected chi connectivity index (χ1v) is 7.13. The van der Waals surface area contributed by atoms with Crippen LogP contribution < -0.4 is 5.32 Å². The number of nitrogens with one attached hydrogen (secondary N) is 1. The number of hydrogen-bond donors (Lipinski definition) is 1. The number of nitrogens with zero attached hydrogens (tertiary/aromatic N) is 2. The monoisotopic (exact) mass is 249 g/mol. The summed E-state index contributed by atoms with van der Waals surface area (Å²) in [6, 6.07) is 2.22. The second kappa shape index (κ2) is 5.45. The van der Waals surface area contributed by atoms with Crippen LogP contribution >= 0.6 is 11.3 Å². The van der Waals surface area contributed by atoms with Crippen LogP contribution in [0.4, 0.5) is 5.82 Å². The van der Waals surface area contributed by atoms with Crippen molar-refractivity contribution < 1.29 is 0 Å². The lowest BCUT2D eigenvalue weighted by atomic mass is 10.3. The van der Waals surface area contributed by atoms with E-state index in [0.717, 1.165) is 42.3 Å². The van der Waals surface area contributed by atoms with Gasteiger partial charge in [-0.05, 0) is 18.9 Å². The largest absolute Gasteiger partial charge is 0.369 e. The molecule has 0 atom stereocenters. The van der Waals surface area contributed by atoms with Crippen LogP contribution in [0, 0.1) is 0 Å². The van der Waals surface area contributed by atoms with Crippen molar-refractivity contribution in [1.82, 2.24) is 9.97 Å². The first-order chi connectivity index (χ1) is 8.28. The summed E-state index contributed by atoms with van der Waals surface area (Å²) >= 11 is 1.78. The van der Waals surface area contributed by atoms with Crippen LogP contribution in [-0.4, -0.2) is 16.5 Å². The summed E-state index contributed by atoms with van der Waals surface area (Å²) in [4.78, 5) is 11.7. The van der Waals surface area contributed by atoms with Crippen LogP contribution in [0.1, 0.15) is 37.9 Å². The molecule has 0 saturated carbocycles. The first kappa shape index (κ1) is 12.3. The molecule has 0 unspecified atom stereocenters. The fourth-order valence-electron chi connectivity index (χ4n) is 1.73. The number of thiophene rings is 1. The minimum absolute atomic E-state index is 0.885. The summed E-state index contributed by atoms with van der Waals surface area (Å²) in [5, 5.41) is 4.58. The molecule has 0 aromatic carbocycles. The highest BCUT2D eigenvalue weighted by Crippen LogP contribution is 2.29. The van der Waals surface area contributed by atoms with E-state index in [4.69, 9.17) is 0 Å². The van der Waals surface area contributed by atoms with Gasteiger partial charge in [-0.2, -0.15) is 0 Å². The van der Waals surface area contributed by atoms with Crippen LogP contribution in [0.5, 0.6) is 0 Å². The van der Waals surface area contributed by atoms with Crippen LogP contribution in [0.15, 0.2) is 6.07 Å². The molecular formula is C13H19N3S.